The number of rotatable bonds is 7. The van der Waals surface area contributed by atoms with Crippen LogP contribution in [0.25, 0.3) is 0 Å². The molecule has 2 saturated heterocycles. The van der Waals surface area contributed by atoms with Crippen LogP contribution in [0.5, 0.6) is 0 Å². The Hall–Kier alpha value is -2.60. The molecule has 190 valence electrons. The quantitative estimate of drug-likeness (QED) is 0.525. The molecule has 1 aromatic heterocycles. The van der Waals surface area contributed by atoms with Gasteiger partial charge in [-0.05, 0) is 68.7 Å². The molecule has 0 bridgehead atoms. The second kappa shape index (κ2) is 10.4. The van der Waals surface area contributed by atoms with E-state index in [-0.39, 0.29) is 12.0 Å². The molecule has 8 nitrogen and oxygen atoms in total. The van der Waals surface area contributed by atoms with Crippen LogP contribution in [0.1, 0.15) is 49.9 Å². The number of aliphatic carboxylic acids is 1. The highest BCUT2D eigenvalue weighted by molar-refractivity contribution is 6.35. The summed E-state index contributed by atoms with van der Waals surface area (Å²) in [6, 6.07) is 7.89. The maximum atomic E-state index is 11.2. The summed E-state index contributed by atoms with van der Waals surface area (Å²) in [6.45, 7) is 5.80. The van der Waals surface area contributed by atoms with Gasteiger partial charge in [-0.2, -0.15) is 5.26 Å². The van der Waals surface area contributed by atoms with E-state index in [1.165, 1.54) is 6.42 Å². The van der Waals surface area contributed by atoms with E-state index < -0.39 is 5.97 Å². The highest BCUT2D eigenvalue weighted by Gasteiger charge is 2.42. The third-order valence-electron chi connectivity index (χ3n) is 8.00. The zero-order chi connectivity index (χ0) is 25.4. The van der Waals surface area contributed by atoms with E-state index in [1.54, 1.807) is 18.3 Å². The molecule has 0 unspecified atom stereocenters. The summed E-state index contributed by atoms with van der Waals surface area (Å²) in [4.78, 5) is 24.9. The van der Waals surface area contributed by atoms with E-state index in [0.29, 0.717) is 45.3 Å². The molecule has 3 aliphatic rings. The average molecular weight is 529 g/mol. The summed E-state index contributed by atoms with van der Waals surface area (Å²) < 4.78 is 0. The fraction of sp³-hybridized carbons (Fsp3) is 0.538. The zero-order valence-corrected chi connectivity index (χ0v) is 21.7. The van der Waals surface area contributed by atoms with E-state index in [2.05, 4.69) is 26.2 Å². The van der Waals surface area contributed by atoms with Crippen molar-refractivity contribution >= 4 is 40.8 Å². The van der Waals surface area contributed by atoms with Crippen LogP contribution in [0.2, 0.25) is 10.0 Å². The molecular weight excluding hydrogens is 499 g/mol. The lowest BCUT2D eigenvalue weighted by Gasteiger charge is -2.50. The predicted molar refractivity (Wildman–Crippen MR) is 139 cm³/mol. The molecule has 0 amide bonds. The standard InChI is InChI=1S/C26H30Cl2N6O2/c1-15(21-5-4-19(27)9-22(21)28)31-24-11-30-23(10-29)25(32-24)34-13-18(14-34)16-3-2-6-33(12-16)20-7-17(8-20)26(35)36/h4-5,9,11,15-18,20H,2-3,6-8,12-14H2,1H3,(H,31,32)(H,35,36)/t15-,16+,17-,20+/m1/s1. The number of nitrogens with zero attached hydrogens (tertiary/aromatic N) is 5. The molecule has 0 radical (unpaired) electrons. The van der Waals surface area contributed by atoms with Gasteiger partial charge in [0.1, 0.15) is 11.9 Å². The van der Waals surface area contributed by atoms with Crippen molar-refractivity contribution in [2.45, 2.75) is 44.7 Å². The van der Waals surface area contributed by atoms with Gasteiger partial charge in [-0.1, -0.05) is 29.3 Å². The Kier molecular flexibility index (Phi) is 7.25. The number of anilines is 2. The lowest BCUT2D eigenvalue weighted by Crippen LogP contribution is -2.56. The summed E-state index contributed by atoms with van der Waals surface area (Å²) in [5.41, 5.74) is 1.23. The molecule has 5 rings (SSSR count). The molecule has 36 heavy (non-hydrogen) atoms. The predicted octanol–water partition coefficient (Wildman–Crippen LogP) is 4.84. The van der Waals surface area contributed by atoms with E-state index in [1.807, 2.05) is 13.0 Å². The van der Waals surface area contributed by atoms with Gasteiger partial charge in [0.15, 0.2) is 11.5 Å². The van der Waals surface area contributed by atoms with E-state index in [9.17, 15) is 15.2 Å². The number of hydrogen-bond donors (Lipinski definition) is 2. The molecule has 2 aromatic rings. The maximum Gasteiger partial charge on any atom is 0.306 e. The van der Waals surface area contributed by atoms with Gasteiger partial charge in [0.2, 0.25) is 0 Å². The van der Waals surface area contributed by atoms with Crippen LogP contribution in [-0.4, -0.2) is 58.2 Å². The van der Waals surface area contributed by atoms with Gasteiger partial charge in [0, 0.05) is 35.7 Å². The number of halogens is 2. The molecule has 10 heteroatoms. The van der Waals surface area contributed by atoms with Gasteiger partial charge >= 0.3 is 5.97 Å². The number of carbonyl (C=O) groups is 1. The number of carboxylic acid groups (broad SMARTS) is 1. The van der Waals surface area contributed by atoms with Crippen molar-refractivity contribution in [2.24, 2.45) is 17.8 Å². The van der Waals surface area contributed by atoms with Crippen molar-refractivity contribution in [3.63, 3.8) is 0 Å². The molecule has 3 fully saturated rings. The van der Waals surface area contributed by atoms with Crippen molar-refractivity contribution in [1.29, 1.82) is 5.26 Å². The normalized spacial score (nSPS) is 25.4. The van der Waals surface area contributed by atoms with Crippen LogP contribution in [0.3, 0.4) is 0 Å². The molecule has 2 aliphatic heterocycles. The summed E-state index contributed by atoms with van der Waals surface area (Å²) >= 11 is 12.4. The first-order valence-electron chi connectivity index (χ1n) is 12.5. The number of nitrogens with one attached hydrogen (secondary N) is 1. The fourth-order valence-electron chi connectivity index (χ4n) is 5.73. The molecule has 2 atom stereocenters. The number of carboxylic acids is 1. The minimum absolute atomic E-state index is 0.116. The molecule has 1 aromatic carbocycles. The number of aromatic nitrogens is 2. The topological polar surface area (TPSA) is 105 Å². The Balaban J connectivity index is 1.20. The fourth-order valence-corrected chi connectivity index (χ4v) is 6.30. The smallest absolute Gasteiger partial charge is 0.306 e. The van der Waals surface area contributed by atoms with Crippen LogP contribution in [0.4, 0.5) is 11.6 Å². The lowest BCUT2D eigenvalue weighted by atomic mass is 9.76. The van der Waals surface area contributed by atoms with Crippen LogP contribution >= 0.6 is 23.2 Å². The maximum absolute atomic E-state index is 11.2. The minimum Gasteiger partial charge on any atom is -0.481 e. The Labute approximate surface area is 221 Å². The Morgan fingerprint density at radius 3 is 2.72 bits per heavy atom. The van der Waals surface area contributed by atoms with Gasteiger partial charge in [-0.25, -0.2) is 9.97 Å². The molecule has 1 aliphatic carbocycles. The van der Waals surface area contributed by atoms with Gasteiger partial charge in [-0.15, -0.1) is 0 Å². The third-order valence-corrected chi connectivity index (χ3v) is 8.56. The first kappa shape index (κ1) is 25.1. The van der Waals surface area contributed by atoms with Crippen molar-refractivity contribution in [1.82, 2.24) is 14.9 Å². The average Bonchev–Trinajstić information content (AvgIpc) is 2.77. The van der Waals surface area contributed by atoms with E-state index in [0.717, 1.165) is 51.0 Å². The van der Waals surface area contributed by atoms with Crippen LogP contribution < -0.4 is 10.2 Å². The monoisotopic (exact) mass is 528 g/mol. The third kappa shape index (κ3) is 5.10. The lowest BCUT2D eigenvalue weighted by molar-refractivity contribution is -0.147. The van der Waals surface area contributed by atoms with Crippen LogP contribution in [0.15, 0.2) is 24.4 Å². The van der Waals surface area contributed by atoms with Gasteiger partial charge in [0.05, 0.1) is 18.2 Å². The highest BCUT2D eigenvalue weighted by atomic mass is 35.5. The number of piperidine rings is 1. The van der Waals surface area contributed by atoms with Crippen LogP contribution in [-0.2, 0) is 4.79 Å². The first-order valence-corrected chi connectivity index (χ1v) is 13.3. The van der Waals surface area contributed by atoms with E-state index >= 15 is 0 Å². The summed E-state index contributed by atoms with van der Waals surface area (Å²) in [6.07, 6.45) is 5.49. The number of likely N-dealkylation sites (tertiary alicyclic amines) is 1. The van der Waals surface area contributed by atoms with Crippen molar-refractivity contribution < 1.29 is 9.90 Å². The summed E-state index contributed by atoms with van der Waals surface area (Å²) in [7, 11) is 0. The minimum atomic E-state index is -0.661. The highest BCUT2D eigenvalue weighted by Crippen LogP contribution is 2.39. The first-order chi connectivity index (χ1) is 17.3. The Bertz CT molecular complexity index is 1180. The van der Waals surface area contributed by atoms with Gasteiger partial charge < -0.3 is 20.2 Å². The van der Waals surface area contributed by atoms with Crippen molar-refractivity contribution in [3.8, 4) is 6.07 Å². The zero-order valence-electron chi connectivity index (χ0n) is 20.2. The second-order valence-corrected chi connectivity index (χ2v) is 11.1. The van der Waals surface area contributed by atoms with Crippen molar-refractivity contribution in [3.05, 3.63) is 45.7 Å². The number of benzene rings is 1. The number of nitriles is 1. The Morgan fingerprint density at radius 1 is 1.25 bits per heavy atom. The summed E-state index contributed by atoms with van der Waals surface area (Å²) in [5.74, 6) is 1.51. The number of hydrogen-bond acceptors (Lipinski definition) is 7. The second-order valence-electron chi connectivity index (χ2n) is 10.3. The van der Waals surface area contributed by atoms with Gasteiger partial charge in [0.25, 0.3) is 0 Å². The van der Waals surface area contributed by atoms with Crippen molar-refractivity contribution in [2.75, 3.05) is 36.4 Å². The molecule has 3 heterocycles. The molecule has 1 saturated carbocycles. The largest absolute Gasteiger partial charge is 0.481 e. The van der Waals surface area contributed by atoms with Crippen LogP contribution in [0, 0.1) is 29.1 Å². The van der Waals surface area contributed by atoms with Gasteiger partial charge in [-0.3, -0.25) is 4.79 Å². The SMILES string of the molecule is C[C@@H](Nc1cnc(C#N)c(N2CC([C@H]3CCCN([C@H]4C[C@@H](C(=O)O)C4)C3)C2)n1)c1ccc(Cl)cc1Cl. The molecule has 0 spiro atoms. The van der Waals surface area contributed by atoms with E-state index in [4.69, 9.17) is 28.2 Å². The molecule has 2 N–H and O–H groups in total. The molecular formula is C26H30Cl2N6O2. The Morgan fingerprint density at radius 2 is 2.03 bits per heavy atom. The summed E-state index contributed by atoms with van der Waals surface area (Å²) in [5, 5.41) is 23.3.